The fourth-order valence-electron chi connectivity index (χ4n) is 1.23. The molecule has 0 aromatic carbocycles. The predicted octanol–water partition coefficient (Wildman–Crippen LogP) is 2.67. The summed E-state index contributed by atoms with van der Waals surface area (Å²) < 4.78 is 4.68. The molecule has 0 aliphatic rings. The van der Waals surface area contributed by atoms with E-state index in [0.29, 0.717) is 11.4 Å². The summed E-state index contributed by atoms with van der Waals surface area (Å²) >= 11 is 1.44. The number of nitrogens with zero attached hydrogens (tertiary/aromatic N) is 1. The zero-order valence-corrected chi connectivity index (χ0v) is 9.45. The molecule has 2 heterocycles. The minimum Gasteiger partial charge on any atom is -0.465 e. The van der Waals surface area contributed by atoms with E-state index in [2.05, 4.69) is 15.0 Å². The Morgan fingerprint density at radius 2 is 2.31 bits per heavy atom. The van der Waals surface area contributed by atoms with Gasteiger partial charge in [-0.3, -0.25) is 0 Å². The van der Waals surface area contributed by atoms with Gasteiger partial charge in [-0.1, -0.05) is 6.07 Å². The van der Waals surface area contributed by atoms with Crippen LogP contribution in [0.1, 0.15) is 10.4 Å². The van der Waals surface area contributed by atoms with E-state index < -0.39 is 0 Å². The molecule has 0 saturated carbocycles. The van der Waals surface area contributed by atoms with Crippen LogP contribution in [0.25, 0.3) is 0 Å². The second kappa shape index (κ2) is 4.76. The number of pyridine rings is 1. The Kier molecular flexibility index (Phi) is 3.16. The summed E-state index contributed by atoms with van der Waals surface area (Å²) in [5.41, 5.74) is 0.526. The Labute approximate surface area is 96.9 Å². The van der Waals surface area contributed by atoms with Crippen molar-refractivity contribution >= 4 is 28.1 Å². The highest BCUT2D eigenvalue weighted by atomic mass is 32.1. The Morgan fingerprint density at radius 3 is 3.00 bits per heavy atom. The van der Waals surface area contributed by atoms with E-state index >= 15 is 0 Å². The van der Waals surface area contributed by atoms with Crippen LogP contribution in [-0.2, 0) is 4.74 Å². The number of carbonyl (C=O) groups is 1. The second-order valence-electron chi connectivity index (χ2n) is 2.99. The highest BCUT2D eigenvalue weighted by molar-refractivity contribution is 7.14. The van der Waals surface area contributed by atoms with E-state index in [1.54, 1.807) is 12.3 Å². The van der Waals surface area contributed by atoms with E-state index in [9.17, 15) is 4.79 Å². The number of anilines is 2. The summed E-state index contributed by atoms with van der Waals surface area (Å²) in [5.74, 6) is 0.356. The first kappa shape index (κ1) is 10.6. The fraction of sp³-hybridized carbons (Fsp3) is 0.0909. The minimum absolute atomic E-state index is 0.348. The average molecular weight is 234 g/mol. The van der Waals surface area contributed by atoms with Crippen LogP contribution in [0.5, 0.6) is 0 Å². The van der Waals surface area contributed by atoms with Gasteiger partial charge in [-0.15, -0.1) is 11.3 Å². The van der Waals surface area contributed by atoms with E-state index in [-0.39, 0.29) is 5.97 Å². The standard InChI is InChI=1S/C11H10N2O2S/c1-15-11(14)8-5-7-16-10(8)13-9-4-2-3-6-12-9/h2-7H,1H3,(H,12,13). The fourth-order valence-corrected chi connectivity index (χ4v) is 2.01. The first-order valence-corrected chi connectivity index (χ1v) is 5.53. The third-order valence-electron chi connectivity index (χ3n) is 1.98. The number of aromatic nitrogens is 1. The first-order valence-electron chi connectivity index (χ1n) is 4.65. The van der Waals surface area contributed by atoms with Crippen molar-refractivity contribution < 1.29 is 9.53 Å². The molecule has 4 nitrogen and oxygen atoms in total. The van der Waals surface area contributed by atoms with Gasteiger partial charge in [0.2, 0.25) is 0 Å². The number of thiophene rings is 1. The smallest absolute Gasteiger partial charge is 0.340 e. The molecule has 16 heavy (non-hydrogen) atoms. The molecule has 0 atom stereocenters. The number of hydrogen-bond donors (Lipinski definition) is 1. The van der Waals surface area contributed by atoms with Crippen molar-refractivity contribution in [3.63, 3.8) is 0 Å². The minimum atomic E-state index is -0.348. The zero-order valence-electron chi connectivity index (χ0n) is 8.64. The molecule has 0 amide bonds. The number of nitrogens with one attached hydrogen (secondary N) is 1. The Balaban J connectivity index is 2.22. The summed E-state index contributed by atoms with van der Waals surface area (Å²) in [6, 6.07) is 7.27. The van der Waals surface area contributed by atoms with Crippen LogP contribution in [0, 0.1) is 0 Å². The van der Waals surface area contributed by atoms with Crippen LogP contribution in [0.3, 0.4) is 0 Å². The van der Waals surface area contributed by atoms with Crippen LogP contribution in [0.2, 0.25) is 0 Å². The Bertz CT molecular complexity index is 482. The molecule has 0 aliphatic carbocycles. The molecule has 0 spiro atoms. The molecule has 5 heteroatoms. The van der Waals surface area contributed by atoms with Crippen molar-refractivity contribution in [2.24, 2.45) is 0 Å². The van der Waals surface area contributed by atoms with E-state index in [1.807, 2.05) is 23.6 Å². The highest BCUT2D eigenvalue weighted by Crippen LogP contribution is 2.26. The zero-order chi connectivity index (χ0) is 11.4. The molecule has 0 radical (unpaired) electrons. The van der Waals surface area contributed by atoms with Crippen LogP contribution in [0.15, 0.2) is 35.8 Å². The number of hydrogen-bond acceptors (Lipinski definition) is 5. The Hall–Kier alpha value is -1.88. The third kappa shape index (κ3) is 2.20. The van der Waals surface area contributed by atoms with E-state index in [4.69, 9.17) is 0 Å². The normalized spacial score (nSPS) is 9.81. The molecule has 82 valence electrons. The molecule has 0 bridgehead atoms. The number of methoxy groups -OCH3 is 1. The maximum Gasteiger partial charge on any atom is 0.340 e. The van der Waals surface area contributed by atoms with Gasteiger partial charge in [0.15, 0.2) is 0 Å². The lowest BCUT2D eigenvalue weighted by atomic mass is 10.3. The van der Waals surface area contributed by atoms with Crippen molar-refractivity contribution in [1.29, 1.82) is 0 Å². The SMILES string of the molecule is COC(=O)c1ccsc1Nc1ccccn1. The average Bonchev–Trinajstić information content (AvgIpc) is 2.77. The molecule has 0 unspecified atom stereocenters. The largest absolute Gasteiger partial charge is 0.465 e. The molecule has 0 saturated heterocycles. The highest BCUT2D eigenvalue weighted by Gasteiger charge is 2.13. The lowest BCUT2D eigenvalue weighted by Crippen LogP contribution is -2.03. The Morgan fingerprint density at radius 1 is 1.44 bits per heavy atom. The van der Waals surface area contributed by atoms with Gasteiger partial charge in [-0.2, -0.15) is 0 Å². The lowest BCUT2D eigenvalue weighted by molar-refractivity contribution is 0.0602. The van der Waals surface area contributed by atoms with Crippen molar-refractivity contribution in [3.8, 4) is 0 Å². The number of carbonyl (C=O) groups excluding carboxylic acids is 1. The molecular weight excluding hydrogens is 224 g/mol. The molecule has 1 N–H and O–H groups in total. The monoisotopic (exact) mass is 234 g/mol. The van der Waals surface area contributed by atoms with Gasteiger partial charge >= 0.3 is 5.97 Å². The van der Waals surface area contributed by atoms with Gasteiger partial charge < -0.3 is 10.1 Å². The van der Waals surface area contributed by atoms with Gasteiger partial charge in [-0.25, -0.2) is 9.78 Å². The van der Waals surface area contributed by atoms with E-state index in [0.717, 1.165) is 5.00 Å². The molecule has 2 aromatic heterocycles. The van der Waals surface area contributed by atoms with Crippen molar-refractivity contribution in [2.75, 3.05) is 12.4 Å². The third-order valence-corrected chi connectivity index (χ3v) is 2.81. The lowest BCUT2D eigenvalue weighted by Gasteiger charge is -2.04. The van der Waals surface area contributed by atoms with Crippen LogP contribution in [-0.4, -0.2) is 18.1 Å². The quantitative estimate of drug-likeness (QED) is 0.829. The van der Waals surface area contributed by atoms with Gasteiger partial charge in [0.25, 0.3) is 0 Å². The van der Waals surface area contributed by atoms with E-state index in [1.165, 1.54) is 18.4 Å². The van der Waals surface area contributed by atoms with Gasteiger partial charge in [0.05, 0.1) is 12.7 Å². The van der Waals surface area contributed by atoms with Crippen molar-refractivity contribution in [3.05, 3.63) is 41.4 Å². The summed E-state index contributed by atoms with van der Waals surface area (Å²) in [4.78, 5) is 15.5. The summed E-state index contributed by atoms with van der Waals surface area (Å²) in [5, 5.41) is 5.65. The van der Waals surface area contributed by atoms with Crippen LogP contribution in [0.4, 0.5) is 10.8 Å². The van der Waals surface area contributed by atoms with Crippen molar-refractivity contribution in [2.45, 2.75) is 0 Å². The maximum absolute atomic E-state index is 11.4. The molecule has 0 aliphatic heterocycles. The number of ether oxygens (including phenoxy) is 1. The summed E-state index contributed by atoms with van der Waals surface area (Å²) in [6.07, 6.45) is 1.69. The van der Waals surface area contributed by atoms with Crippen molar-refractivity contribution in [1.82, 2.24) is 4.98 Å². The maximum atomic E-state index is 11.4. The van der Waals surface area contributed by atoms with Crippen LogP contribution >= 0.6 is 11.3 Å². The molecule has 0 fully saturated rings. The molecular formula is C11H10N2O2S. The predicted molar refractivity (Wildman–Crippen MR) is 63.2 cm³/mol. The first-order chi connectivity index (χ1) is 7.81. The molecule has 2 aromatic rings. The summed E-state index contributed by atoms with van der Waals surface area (Å²) in [7, 11) is 1.37. The summed E-state index contributed by atoms with van der Waals surface area (Å²) in [6.45, 7) is 0. The van der Waals surface area contributed by atoms with Crippen LogP contribution < -0.4 is 5.32 Å². The molecule has 2 rings (SSSR count). The number of esters is 1. The van der Waals surface area contributed by atoms with Gasteiger partial charge in [0, 0.05) is 6.20 Å². The van der Waals surface area contributed by atoms with Gasteiger partial charge in [0.1, 0.15) is 10.8 Å². The topological polar surface area (TPSA) is 51.2 Å². The second-order valence-corrected chi connectivity index (χ2v) is 3.91. The number of rotatable bonds is 3. The van der Waals surface area contributed by atoms with Gasteiger partial charge in [-0.05, 0) is 23.6 Å².